The lowest BCUT2D eigenvalue weighted by Gasteiger charge is -2.28. The molecule has 116 valence electrons. The molecular formula is C16H26N4O. The molecule has 2 saturated heterocycles. The Morgan fingerprint density at radius 2 is 2.14 bits per heavy atom. The van der Waals surface area contributed by atoms with Crippen LogP contribution in [0.25, 0.3) is 0 Å². The number of nitrogens with one attached hydrogen (secondary N) is 1. The van der Waals surface area contributed by atoms with Gasteiger partial charge in [0, 0.05) is 25.1 Å². The normalized spacial score (nSPS) is 24.3. The maximum atomic E-state index is 5.44. The van der Waals surface area contributed by atoms with Crippen LogP contribution in [0, 0.1) is 5.92 Å². The second kappa shape index (κ2) is 7.18. The number of piperidine rings is 1. The minimum absolute atomic E-state index is 0.447. The number of hydrogen-bond donors (Lipinski definition) is 1. The van der Waals surface area contributed by atoms with E-state index in [0.717, 1.165) is 43.6 Å². The molecule has 21 heavy (non-hydrogen) atoms. The van der Waals surface area contributed by atoms with Crippen molar-refractivity contribution in [3.05, 3.63) is 18.1 Å². The Hall–Kier alpha value is -1.20. The highest BCUT2D eigenvalue weighted by Crippen LogP contribution is 2.24. The highest BCUT2D eigenvalue weighted by Gasteiger charge is 2.19. The van der Waals surface area contributed by atoms with E-state index in [-0.39, 0.29) is 0 Å². The minimum Gasteiger partial charge on any atom is -0.381 e. The molecule has 5 heteroatoms. The molecule has 2 aliphatic rings. The van der Waals surface area contributed by atoms with E-state index in [1.807, 2.05) is 0 Å². The van der Waals surface area contributed by atoms with Gasteiger partial charge in [-0.05, 0) is 51.7 Å². The molecule has 1 N–H and O–H groups in total. The van der Waals surface area contributed by atoms with Crippen molar-refractivity contribution in [3.8, 4) is 0 Å². The fraction of sp³-hybridized carbons (Fsp3) is 0.750. The molecule has 1 unspecified atom stereocenters. The van der Waals surface area contributed by atoms with Crippen molar-refractivity contribution in [2.75, 3.05) is 45.2 Å². The third-order valence-corrected chi connectivity index (χ3v) is 4.73. The zero-order valence-corrected chi connectivity index (χ0v) is 12.9. The summed E-state index contributed by atoms with van der Waals surface area (Å²) in [6.45, 7) is 5.14. The Balaban J connectivity index is 1.45. The summed E-state index contributed by atoms with van der Waals surface area (Å²) in [4.78, 5) is 11.1. The summed E-state index contributed by atoms with van der Waals surface area (Å²) < 4.78 is 5.44. The molecule has 0 amide bonds. The molecular weight excluding hydrogens is 264 g/mol. The second-order valence-electron chi connectivity index (χ2n) is 6.35. The van der Waals surface area contributed by atoms with Gasteiger partial charge in [0.15, 0.2) is 0 Å². The number of ether oxygens (including phenoxy) is 1. The van der Waals surface area contributed by atoms with Gasteiger partial charge < -0.3 is 15.0 Å². The van der Waals surface area contributed by atoms with Gasteiger partial charge in [0.1, 0.15) is 12.1 Å². The third-order valence-electron chi connectivity index (χ3n) is 4.73. The monoisotopic (exact) mass is 290 g/mol. The number of rotatable bonds is 5. The van der Waals surface area contributed by atoms with Gasteiger partial charge in [-0.1, -0.05) is 0 Å². The number of hydrogen-bond acceptors (Lipinski definition) is 5. The lowest BCUT2D eigenvalue weighted by molar-refractivity contribution is 0.193. The van der Waals surface area contributed by atoms with Crippen molar-refractivity contribution in [3.63, 3.8) is 0 Å². The van der Waals surface area contributed by atoms with Crippen LogP contribution in [0.1, 0.15) is 37.3 Å². The minimum atomic E-state index is 0.447. The van der Waals surface area contributed by atoms with Crippen molar-refractivity contribution < 1.29 is 4.74 Å². The predicted molar refractivity (Wildman–Crippen MR) is 83.5 cm³/mol. The number of aromatic nitrogens is 2. The lowest BCUT2D eigenvalue weighted by Crippen LogP contribution is -2.30. The SMILES string of the molecule is CN1CCC(CCNc2cc(C3CCOC3)ncn2)CC1. The van der Waals surface area contributed by atoms with Gasteiger partial charge in [-0.15, -0.1) is 0 Å². The lowest BCUT2D eigenvalue weighted by atomic mass is 9.94. The van der Waals surface area contributed by atoms with Gasteiger partial charge in [0.25, 0.3) is 0 Å². The Morgan fingerprint density at radius 3 is 2.90 bits per heavy atom. The van der Waals surface area contributed by atoms with Crippen LogP contribution >= 0.6 is 0 Å². The molecule has 0 saturated carbocycles. The molecule has 2 aliphatic heterocycles. The van der Waals surface area contributed by atoms with E-state index in [4.69, 9.17) is 4.74 Å². The molecule has 3 heterocycles. The van der Waals surface area contributed by atoms with Crippen LogP contribution in [-0.2, 0) is 4.74 Å². The molecule has 5 nitrogen and oxygen atoms in total. The molecule has 1 atom stereocenters. The fourth-order valence-electron chi connectivity index (χ4n) is 3.22. The van der Waals surface area contributed by atoms with E-state index < -0.39 is 0 Å². The summed E-state index contributed by atoms with van der Waals surface area (Å²) in [5, 5.41) is 3.46. The first kappa shape index (κ1) is 14.7. The molecule has 1 aromatic heterocycles. The van der Waals surface area contributed by atoms with Crippen LogP contribution in [0.15, 0.2) is 12.4 Å². The second-order valence-corrected chi connectivity index (χ2v) is 6.35. The van der Waals surface area contributed by atoms with Crippen molar-refractivity contribution >= 4 is 5.82 Å². The van der Waals surface area contributed by atoms with Gasteiger partial charge in [-0.3, -0.25) is 0 Å². The van der Waals surface area contributed by atoms with Gasteiger partial charge in [-0.2, -0.15) is 0 Å². The highest BCUT2D eigenvalue weighted by molar-refractivity contribution is 5.35. The summed E-state index contributed by atoms with van der Waals surface area (Å²) >= 11 is 0. The zero-order chi connectivity index (χ0) is 14.5. The van der Waals surface area contributed by atoms with E-state index >= 15 is 0 Å². The number of likely N-dealkylation sites (tertiary alicyclic amines) is 1. The fourth-order valence-corrected chi connectivity index (χ4v) is 3.22. The highest BCUT2D eigenvalue weighted by atomic mass is 16.5. The first-order valence-electron chi connectivity index (χ1n) is 8.13. The van der Waals surface area contributed by atoms with Gasteiger partial charge in [0.05, 0.1) is 12.3 Å². The zero-order valence-electron chi connectivity index (χ0n) is 12.9. The average molecular weight is 290 g/mol. The summed E-state index contributed by atoms with van der Waals surface area (Å²) in [7, 11) is 2.21. The van der Waals surface area contributed by atoms with Crippen molar-refractivity contribution in [1.29, 1.82) is 0 Å². The first-order valence-corrected chi connectivity index (χ1v) is 8.13. The first-order chi connectivity index (χ1) is 10.3. The van der Waals surface area contributed by atoms with Crippen LogP contribution in [0.4, 0.5) is 5.82 Å². The maximum absolute atomic E-state index is 5.44. The Kier molecular flexibility index (Phi) is 5.04. The summed E-state index contributed by atoms with van der Waals surface area (Å²) in [6.07, 6.45) is 6.64. The molecule has 2 fully saturated rings. The van der Waals surface area contributed by atoms with E-state index in [1.165, 1.54) is 32.4 Å². The van der Waals surface area contributed by atoms with Crippen LogP contribution in [0.5, 0.6) is 0 Å². The molecule has 1 aromatic rings. The standard InChI is InChI=1S/C16H26N4O/c1-20-7-3-13(4-8-20)2-6-17-16-10-15(18-12-19-16)14-5-9-21-11-14/h10,12-14H,2-9,11H2,1H3,(H,17,18,19). The number of nitrogens with zero attached hydrogens (tertiary/aromatic N) is 3. The molecule has 0 aromatic carbocycles. The largest absolute Gasteiger partial charge is 0.381 e. The van der Waals surface area contributed by atoms with Gasteiger partial charge in [-0.25, -0.2) is 9.97 Å². The summed E-state index contributed by atoms with van der Waals surface area (Å²) in [5.74, 6) is 2.26. The van der Waals surface area contributed by atoms with E-state index in [2.05, 4.69) is 33.3 Å². The molecule has 0 spiro atoms. The van der Waals surface area contributed by atoms with E-state index in [1.54, 1.807) is 6.33 Å². The molecule has 3 rings (SSSR count). The molecule has 0 bridgehead atoms. The van der Waals surface area contributed by atoms with Crippen LogP contribution in [0.2, 0.25) is 0 Å². The van der Waals surface area contributed by atoms with Crippen LogP contribution in [0.3, 0.4) is 0 Å². The third kappa shape index (κ3) is 4.14. The van der Waals surface area contributed by atoms with Gasteiger partial charge >= 0.3 is 0 Å². The predicted octanol–water partition coefficient (Wildman–Crippen LogP) is 2.12. The Bertz CT molecular complexity index is 440. The maximum Gasteiger partial charge on any atom is 0.129 e. The van der Waals surface area contributed by atoms with Crippen LogP contribution < -0.4 is 5.32 Å². The van der Waals surface area contributed by atoms with Crippen LogP contribution in [-0.4, -0.2) is 54.8 Å². The summed E-state index contributed by atoms with van der Waals surface area (Å²) in [5.41, 5.74) is 1.12. The van der Waals surface area contributed by atoms with E-state index in [0.29, 0.717) is 5.92 Å². The molecule has 0 radical (unpaired) electrons. The van der Waals surface area contributed by atoms with Gasteiger partial charge in [0.2, 0.25) is 0 Å². The Morgan fingerprint density at radius 1 is 1.29 bits per heavy atom. The smallest absolute Gasteiger partial charge is 0.129 e. The van der Waals surface area contributed by atoms with Crippen molar-refractivity contribution in [2.24, 2.45) is 5.92 Å². The number of anilines is 1. The van der Waals surface area contributed by atoms with E-state index in [9.17, 15) is 0 Å². The topological polar surface area (TPSA) is 50.3 Å². The quantitative estimate of drug-likeness (QED) is 0.900. The average Bonchev–Trinajstić information content (AvgIpc) is 3.04. The summed E-state index contributed by atoms with van der Waals surface area (Å²) in [6, 6.07) is 2.09. The van der Waals surface area contributed by atoms with Crippen molar-refractivity contribution in [2.45, 2.75) is 31.6 Å². The Labute approximate surface area is 127 Å². The van der Waals surface area contributed by atoms with Crippen molar-refractivity contribution in [1.82, 2.24) is 14.9 Å². The molecule has 0 aliphatic carbocycles.